The van der Waals surface area contributed by atoms with E-state index in [1.165, 1.54) is 12.5 Å². The zero-order valence-corrected chi connectivity index (χ0v) is 13.0. The molecule has 0 spiro atoms. The van der Waals surface area contributed by atoms with Crippen LogP contribution in [-0.2, 0) is 17.6 Å². The summed E-state index contributed by atoms with van der Waals surface area (Å²) >= 11 is 0. The van der Waals surface area contributed by atoms with Gasteiger partial charge in [0.1, 0.15) is 0 Å². The van der Waals surface area contributed by atoms with Crippen molar-refractivity contribution in [1.82, 2.24) is 5.32 Å². The molecule has 0 bridgehead atoms. The first-order chi connectivity index (χ1) is 9.93. The lowest BCUT2D eigenvalue weighted by Crippen LogP contribution is -2.21. The number of nitrogens with one attached hydrogen (secondary N) is 1. The third-order valence-electron chi connectivity index (χ3n) is 3.25. The molecule has 1 amide bonds. The van der Waals surface area contributed by atoms with Gasteiger partial charge in [-0.25, -0.2) is 0 Å². The van der Waals surface area contributed by atoms with Crippen molar-refractivity contribution in [3.8, 4) is 6.07 Å². The van der Waals surface area contributed by atoms with Crippen LogP contribution in [-0.4, -0.2) is 5.91 Å². The van der Waals surface area contributed by atoms with Crippen molar-refractivity contribution in [2.75, 3.05) is 0 Å². The minimum atomic E-state index is -0.0757. The molecule has 1 aromatic rings. The van der Waals surface area contributed by atoms with Crippen molar-refractivity contribution in [3.05, 3.63) is 58.8 Å². The first-order valence-electron chi connectivity index (χ1n) is 7.02. The van der Waals surface area contributed by atoms with E-state index in [0.717, 1.165) is 35.2 Å². The van der Waals surface area contributed by atoms with Crippen LogP contribution >= 0.6 is 0 Å². The average molecular weight is 282 g/mol. The summed E-state index contributed by atoms with van der Waals surface area (Å²) in [4.78, 5) is 11.2. The van der Waals surface area contributed by atoms with Gasteiger partial charge in [-0.3, -0.25) is 4.79 Å². The van der Waals surface area contributed by atoms with Crippen LogP contribution in [0.1, 0.15) is 38.3 Å². The predicted molar refractivity (Wildman–Crippen MR) is 85.4 cm³/mol. The molecule has 0 aliphatic rings. The summed E-state index contributed by atoms with van der Waals surface area (Å²) < 4.78 is 0. The molecule has 0 atom stereocenters. The Morgan fingerprint density at radius 1 is 1.19 bits per heavy atom. The molecule has 0 saturated heterocycles. The highest BCUT2D eigenvalue weighted by molar-refractivity contribution is 5.76. The maximum Gasteiger partial charge on any atom is 0.221 e. The topological polar surface area (TPSA) is 52.9 Å². The summed E-state index contributed by atoms with van der Waals surface area (Å²) in [7, 11) is 0. The second-order valence-corrected chi connectivity index (χ2v) is 5.27. The molecule has 1 rings (SSSR count). The minimum Gasteiger partial charge on any atom is -0.326 e. The van der Waals surface area contributed by atoms with E-state index in [0.29, 0.717) is 6.42 Å². The summed E-state index contributed by atoms with van der Waals surface area (Å²) in [6.45, 7) is 9.33. The molecular formula is C18H22N2O. The summed E-state index contributed by atoms with van der Waals surface area (Å²) in [5, 5.41) is 11.5. The maximum atomic E-state index is 11.2. The number of hydrogen-bond donors (Lipinski definition) is 1. The summed E-state index contributed by atoms with van der Waals surface area (Å²) in [6.07, 6.45) is 2.21. The van der Waals surface area contributed by atoms with E-state index in [2.05, 4.69) is 30.1 Å². The molecule has 3 heteroatoms. The first kappa shape index (κ1) is 16.7. The fourth-order valence-electron chi connectivity index (χ4n) is 2.13. The second kappa shape index (κ2) is 8.06. The van der Waals surface area contributed by atoms with Gasteiger partial charge in [-0.05, 0) is 49.0 Å². The van der Waals surface area contributed by atoms with Crippen molar-refractivity contribution in [3.63, 3.8) is 0 Å². The number of carbonyl (C=O) groups excluding carboxylic acids is 1. The molecule has 1 aromatic carbocycles. The summed E-state index contributed by atoms with van der Waals surface area (Å²) in [5.74, 6) is -0.0757. The van der Waals surface area contributed by atoms with Crippen molar-refractivity contribution >= 4 is 5.91 Å². The minimum absolute atomic E-state index is 0.0757. The van der Waals surface area contributed by atoms with E-state index >= 15 is 0 Å². The van der Waals surface area contributed by atoms with Gasteiger partial charge in [-0.15, -0.1) is 0 Å². The fraction of sp³-hybridized carbons (Fsp3) is 0.333. The van der Waals surface area contributed by atoms with E-state index in [9.17, 15) is 4.79 Å². The van der Waals surface area contributed by atoms with Crippen molar-refractivity contribution in [2.24, 2.45) is 0 Å². The zero-order chi connectivity index (χ0) is 15.8. The Bertz CT molecular complexity index is 589. The highest BCUT2D eigenvalue weighted by Gasteiger charge is 2.06. The Morgan fingerprint density at radius 2 is 1.76 bits per heavy atom. The van der Waals surface area contributed by atoms with Crippen LogP contribution in [0.3, 0.4) is 0 Å². The van der Waals surface area contributed by atoms with Crippen LogP contribution in [0.5, 0.6) is 0 Å². The summed E-state index contributed by atoms with van der Waals surface area (Å²) in [6, 6.07) is 10.2. The molecule has 1 N–H and O–H groups in total. The maximum absolute atomic E-state index is 11.2. The molecule has 0 aromatic heterocycles. The number of benzene rings is 1. The normalized spacial score (nSPS) is 11.3. The van der Waals surface area contributed by atoms with Crippen LogP contribution in [0, 0.1) is 11.3 Å². The number of rotatable bonds is 6. The van der Waals surface area contributed by atoms with Crippen molar-refractivity contribution in [1.29, 1.82) is 5.26 Å². The molecule has 0 saturated carbocycles. The standard InChI is InChI=1S/C18H22N2O/c1-13(2)18(20-15(4)21)14(3)5-6-16-7-9-17(10-8-16)11-12-19/h7-10H,1,5-6,11H2,2-4H3,(H,20,21)/b18-14+. The quantitative estimate of drug-likeness (QED) is 0.809. The Morgan fingerprint density at radius 3 is 2.24 bits per heavy atom. The van der Waals surface area contributed by atoms with E-state index in [1.807, 2.05) is 26.0 Å². The number of allylic oxidation sites excluding steroid dienone is 2. The SMILES string of the molecule is C=C(C)/C(NC(C)=O)=C(/C)CCc1ccc(CC#N)cc1. The highest BCUT2D eigenvalue weighted by Crippen LogP contribution is 2.16. The third-order valence-corrected chi connectivity index (χ3v) is 3.25. The average Bonchev–Trinajstić information content (AvgIpc) is 2.43. The molecule has 0 heterocycles. The van der Waals surface area contributed by atoms with Crippen LogP contribution in [0.2, 0.25) is 0 Å². The second-order valence-electron chi connectivity index (χ2n) is 5.27. The molecule has 0 aliphatic heterocycles. The lowest BCUT2D eigenvalue weighted by molar-refractivity contribution is -0.118. The number of carbonyl (C=O) groups is 1. The van der Waals surface area contributed by atoms with Gasteiger partial charge in [-0.1, -0.05) is 30.8 Å². The lowest BCUT2D eigenvalue weighted by Gasteiger charge is -2.13. The zero-order valence-electron chi connectivity index (χ0n) is 13.0. The fourth-order valence-corrected chi connectivity index (χ4v) is 2.13. The summed E-state index contributed by atoms with van der Waals surface area (Å²) in [5.41, 5.74) is 5.09. The lowest BCUT2D eigenvalue weighted by atomic mass is 10.0. The van der Waals surface area contributed by atoms with Crippen molar-refractivity contribution < 1.29 is 4.79 Å². The molecule has 0 aliphatic carbocycles. The molecule has 0 fully saturated rings. The Labute approximate surface area is 127 Å². The van der Waals surface area contributed by atoms with Gasteiger partial charge in [0.05, 0.1) is 12.5 Å². The predicted octanol–water partition coefficient (Wildman–Crippen LogP) is 3.67. The Balaban J connectivity index is 2.73. The highest BCUT2D eigenvalue weighted by atomic mass is 16.1. The van der Waals surface area contributed by atoms with Gasteiger partial charge in [0.2, 0.25) is 5.91 Å². The molecule has 110 valence electrons. The number of hydrogen-bond acceptors (Lipinski definition) is 2. The van der Waals surface area contributed by atoms with Gasteiger partial charge >= 0.3 is 0 Å². The number of amides is 1. The molecule has 21 heavy (non-hydrogen) atoms. The van der Waals surface area contributed by atoms with Gasteiger partial charge in [0, 0.05) is 12.6 Å². The van der Waals surface area contributed by atoms with E-state index in [4.69, 9.17) is 5.26 Å². The number of nitrogens with zero attached hydrogens (tertiary/aromatic N) is 1. The van der Waals surface area contributed by atoms with Crippen LogP contribution in [0.25, 0.3) is 0 Å². The van der Waals surface area contributed by atoms with Crippen LogP contribution < -0.4 is 5.32 Å². The van der Waals surface area contributed by atoms with Crippen LogP contribution in [0.4, 0.5) is 0 Å². The molecule has 0 unspecified atom stereocenters. The van der Waals surface area contributed by atoms with Gasteiger partial charge < -0.3 is 5.32 Å². The first-order valence-corrected chi connectivity index (χ1v) is 7.02. The molecular weight excluding hydrogens is 260 g/mol. The Hall–Kier alpha value is -2.34. The number of aryl methyl sites for hydroxylation is 1. The number of nitriles is 1. The van der Waals surface area contributed by atoms with Gasteiger partial charge in [0.15, 0.2) is 0 Å². The van der Waals surface area contributed by atoms with E-state index in [-0.39, 0.29) is 5.91 Å². The Kier molecular flexibility index (Phi) is 6.42. The van der Waals surface area contributed by atoms with Gasteiger partial charge in [0.25, 0.3) is 0 Å². The third kappa shape index (κ3) is 5.66. The van der Waals surface area contributed by atoms with Crippen molar-refractivity contribution in [2.45, 2.75) is 40.0 Å². The molecule has 3 nitrogen and oxygen atoms in total. The monoisotopic (exact) mass is 282 g/mol. The van der Waals surface area contributed by atoms with E-state index < -0.39 is 0 Å². The van der Waals surface area contributed by atoms with Gasteiger partial charge in [-0.2, -0.15) is 5.26 Å². The van der Waals surface area contributed by atoms with E-state index in [1.54, 1.807) is 0 Å². The largest absolute Gasteiger partial charge is 0.326 e. The molecule has 0 radical (unpaired) electrons. The van der Waals surface area contributed by atoms with Crippen LogP contribution in [0.15, 0.2) is 47.7 Å². The smallest absolute Gasteiger partial charge is 0.221 e.